The summed E-state index contributed by atoms with van der Waals surface area (Å²) >= 11 is 0. The van der Waals surface area contributed by atoms with Gasteiger partial charge in [0.2, 0.25) is 0 Å². The molecule has 4 aromatic rings. The third-order valence-electron chi connectivity index (χ3n) is 4.54. The highest BCUT2D eigenvalue weighted by atomic mass is 32.2. The predicted octanol–water partition coefficient (Wildman–Crippen LogP) is 5.03. The lowest BCUT2D eigenvalue weighted by Gasteiger charge is -2.11. The monoisotopic (exact) mass is 420 g/mol. The molecule has 0 aromatic heterocycles. The lowest BCUT2D eigenvalue weighted by atomic mass is 10.1. The van der Waals surface area contributed by atoms with Crippen molar-refractivity contribution in [3.8, 4) is 0 Å². The highest BCUT2D eigenvalue weighted by Gasteiger charge is 2.16. The first-order valence-corrected chi connectivity index (χ1v) is 10.6. The zero-order valence-corrected chi connectivity index (χ0v) is 16.5. The van der Waals surface area contributed by atoms with Crippen molar-refractivity contribution in [2.24, 2.45) is 0 Å². The highest BCUT2D eigenvalue weighted by Crippen LogP contribution is 2.26. The summed E-state index contributed by atoms with van der Waals surface area (Å²) in [4.78, 5) is 12.3. The second-order valence-electron chi connectivity index (χ2n) is 6.62. The van der Waals surface area contributed by atoms with E-state index in [4.69, 9.17) is 0 Å². The van der Waals surface area contributed by atoms with Gasteiger partial charge in [-0.1, -0.05) is 42.5 Å². The van der Waals surface area contributed by atoms with Gasteiger partial charge in [-0.15, -0.1) is 0 Å². The molecule has 0 bridgehead atoms. The molecule has 0 saturated heterocycles. The standard InChI is InChI=1S/C23H17FN2O3S/c24-18-8-3-7-17(15-18)23(27)25-19-11-13-20(14-12-19)30(28,29)26-22-10-4-6-16-5-1-2-9-21(16)22/h1-15,26H,(H,25,27). The number of amides is 1. The molecule has 150 valence electrons. The van der Waals surface area contributed by atoms with Crippen LogP contribution in [0.15, 0.2) is 95.9 Å². The number of nitrogens with one attached hydrogen (secondary N) is 2. The normalized spacial score (nSPS) is 11.2. The molecular weight excluding hydrogens is 403 g/mol. The molecular formula is C23H17FN2O3S. The van der Waals surface area contributed by atoms with Gasteiger partial charge in [0.25, 0.3) is 15.9 Å². The topological polar surface area (TPSA) is 75.3 Å². The van der Waals surface area contributed by atoms with E-state index in [2.05, 4.69) is 10.0 Å². The number of anilines is 2. The first kappa shape index (κ1) is 19.6. The van der Waals surface area contributed by atoms with E-state index in [-0.39, 0.29) is 10.5 Å². The molecule has 0 atom stereocenters. The molecule has 0 radical (unpaired) electrons. The fraction of sp³-hybridized carbons (Fsp3) is 0. The van der Waals surface area contributed by atoms with Crippen molar-refractivity contribution in [1.29, 1.82) is 0 Å². The smallest absolute Gasteiger partial charge is 0.261 e. The van der Waals surface area contributed by atoms with E-state index in [1.165, 1.54) is 42.5 Å². The van der Waals surface area contributed by atoms with Gasteiger partial charge in [-0.3, -0.25) is 9.52 Å². The minimum Gasteiger partial charge on any atom is -0.322 e. The Morgan fingerprint density at radius 3 is 2.27 bits per heavy atom. The fourth-order valence-corrected chi connectivity index (χ4v) is 4.15. The second kappa shape index (κ2) is 7.96. The first-order valence-electron chi connectivity index (χ1n) is 9.10. The van der Waals surface area contributed by atoms with E-state index in [1.54, 1.807) is 12.1 Å². The Morgan fingerprint density at radius 2 is 1.50 bits per heavy atom. The number of benzene rings is 4. The van der Waals surface area contributed by atoms with E-state index in [1.807, 2.05) is 30.3 Å². The minimum absolute atomic E-state index is 0.0548. The van der Waals surface area contributed by atoms with Crippen LogP contribution < -0.4 is 10.0 Å². The van der Waals surface area contributed by atoms with Gasteiger partial charge in [0.1, 0.15) is 5.82 Å². The lowest BCUT2D eigenvalue weighted by Crippen LogP contribution is -2.14. The zero-order chi connectivity index (χ0) is 21.1. The van der Waals surface area contributed by atoms with Crippen LogP contribution in [0.5, 0.6) is 0 Å². The van der Waals surface area contributed by atoms with Crippen LogP contribution in [0.1, 0.15) is 10.4 Å². The van der Waals surface area contributed by atoms with E-state index in [0.29, 0.717) is 11.4 Å². The molecule has 0 saturated carbocycles. The molecule has 0 aliphatic heterocycles. The molecule has 30 heavy (non-hydrogen) atoms. The van der Waals surface area contributed by atoms with Crippen LogP contribution in [0.3, 0.4) is 0 Å². The molecule has 4 rings (SSSR count). The van der Waals surface area contributed by atoms with E-state index < -0.39 is 21.7 Å². The summed E-state index contributed by atoms with van der Waals surface area (Å²) in [5.74, 6) is -0.998. The lowest BCUT2D eigenvalue weighted by molar-refractivity contribution is 0.102. The van der Waals surface area contributed by atoms with Gasteiger partial charge in [-0.05, 0) is 53.9 Å². The molecule has 7 heteroatoms. The average molecular weight is 420 g/mol. The summed E-state index contributed by atoms with van der Waals surface area (Å²) in [5.41, 5.74) is 1.05. The molecule has 0 heterocycles. The third-order valence-corrected chi connectivity index (χ3v) is 5.92. The van der Waals surface area contributed by atoms with Gasteiger partial charge in [-0.25, -0.2) is 12.8 Å². The van der Waals surface area contributed by atoms with Crippen LogP contribution in [0.2, 0.25) is 0 Å². The Bertz CT molecular complexity index is 1330. The number of sulfonamides is 1. The van der Waals surface area contributed by atoms with Crippen LogP contribution in [0.25, 0.3) is 10.8 Å². The van der Waals surface area contributed by atoms with Crippen molar-refractivity contribution in [1.82, 2.24) is 0 Å². The molecule has 0 aliphatic rings. The molecule has 0 unspecified atom stereocenters. The summed E-state index contributed by atoms with van der Waals surface area (Å²) in [6.07, 6.45) is 0. The Morgan fingerprint density at radius 1 is 0.800 bits per heavy atom. The van der Waals surface area contributed by atoms with Gasteiger partial charge in [0.05, 0.1) is 10.6 Å². The molecule has 2 N–H and O–H groups in total. The van der Waals surface area contributed by atoms with Crippen molar-refractivity contribution >= 4 is 38.1 Å². The molecule has 1 amide bonds. The summed E-state index contributed by atoms with van der Waals surface area (Å²) < 4.78 is 41.5. The van der Waals surface area contributed by atoms with Crippen LogP contribution in [0, 0.1) is 5.82 Å². The minimum atomic E-state index is -3.82. The second-order valence-corrected chi connectivity index (χ2v) is 8.30. The highest BCUT2D eigenvalue weighted by molar-refractivity contribution is 7.92. The number of rotatable bonds is 5. The van der Waals surface area contributed by atoms with Crippen LogP contribution in [-0.2, 0) is 10.0 Å². The van der Waals surface area contributed by atoms with Crippen molar-refractivity contribution in [3.63, 3.8) is 0 Å². The van der Waals surface area contributed by atoms with Crippen molar-refractivity contribution in [2.75, 3.05) is 10.0 Å². The van der Waals surface area contributed by atoms with E-state index in [0.717, 1.165) is 16.8 Å². The quantitative estimate of drug-likeness (QED) is 0.475. The van der Waals surface area contributed by atoms with E-state index in [9.17, 15) is 17.6 Å². The Balaban J connectivity index is 1.53. The Kier molecular flexibility index (Phi) is 5.20. The molecule has 0 fully saturated rings. The van der Waals surface area contributed by atoms with Gasteiger partial charge < -0.3 is 5.32 Å². The summed E-state index contributed by atoms with van der Waals surface area (Å²) in [7, 11) is -3.82. The maximum Gasteiger partial charge on any atom is 0.261 e. The summed E-state index contributed by atoms with van der Waals surface area (Å²) in [6, 6.07) is 23.9. The fourth-order valence-electron chi connectivity index (χ4n) is 3.07. The molecule has 0 spiro atoms. The number of carbonyl (C=O) groups excluding carboxylic acids is 1. The summed E-state index contributed by atoms with van der Waals surface area (Å²) in [6.45, 7) is 0. The number of carbonyl (C=O) groups is 1. The Hall–Kier alpha value is -3.71. The van der Waals surface area contributed by atoms with Crippen molar-refractivity contribution in [3.05, 3.63) is 102 Å². The van der Waals surface area contributed by atoms with Crippen molar-refractivity contribution < 1.29 is 17.6 Å². The van der Waals surface area contributed by atoms with Gasteiger partial charge in [0, 0.05) is 16.6 Å². The van der Waals surface area contributed by atoms with Crippen molar-refractivity contribution in [2.45, 2.75) is 4.90 Å². The molecule has 0 aliphatic carbocycles. The number of fused-ring (bicyclic) bond motifs is 1. The van der Waals surface area contributed by atoms with E-state index >= 15 is 0 Å². The van der Waals surface area contributed by atoms with Gasteiger partial charge >= 0.3 is 0 Å². The number of hydrogen-bond donors (Lipinski definition) is 2. The van der Waals surface area contributed by atoms with Gasteiger partial charge in [-0.2, -0.15) is 0 Å². The number of halogens is 1. The largest absolute Gasteiger partial charge is 0.322 e. The van der Waals surface area contributed by atoms with Crippen LogP contribution >= 0.6 is 0 Å². The Labute approximate surface area is 173 Å². The third kappa shape index (κ3) is 4.16. The zero-order valence-electron chi connectivity index (χ0n) is 15.7. The number of hydrogen-bond acceptors (Lipinski definition) is 3. The average Bonchev–Trinajstić information content (AvgIpc) is 2.74. The molecule has 5 nitrogen and oxygen atoms in total. The van der Waals surface area contributed by atoms with Crippen LogP contribution in [0.4, 0.5) is 15.8 Å². The predicted molar refractivity (Wildman–Crippen MR) is 116 cm³/mol. The summed E-state index contributed by atoms with van der Waals surface area (Å²) in [5, 5.41) is 4.34. The first-order chi connectivity index (χ1) is 14.4. The maximum atomic E-state index is 13.3. The van der Waals surface area contributed by atoms with Crippen LogP contribution in [-0.4, -0.2) is 14.3 Å². The molecule has 4 aromatic carbocycles. The maximum absolute atomic E-state index is 13.3. The van der Waals surface area contributed by atoms with Gasteiger partial charge in [0.15, 0.2) is 0 Å². The SMILES string of the molecule is O=C(Nc1ccc(S(=O)(=O)Nc2cccc3ccccc23)cc1)c1cccc(F)c1.